The van der Waals surface area contributed by atoms with Crippen LogP contribution in [0.15, 0.2) is 48.9 Å². The van der Waals surface area contributed by atoms with E-state index >= 15 is 0 Å². The summed E-state index contributed by atoms with van der Waals surface area (Å²) in [5, 5.41) is 0. The van der Waals surface area contributed by atoms with Crippen LogP contribution in [0.5, 0.6) is 0 Å². The smallest absolute Gasteiger partial charge is 0.255 e. The van der Waals surface area contributed by atoms with Gasteiger partial charge < -0.3 is 14.4 Å². The molecule has 7 heteroatoms. The third kappa shape index (κ3) is 3.14. The van der Waals surface area contributed by atoms with Crippen LogP contribution in [0.1, 0.15) is 41.6 Å². The van der Waals surface area contributed by atoms with Crippen LogP contribution in [-0.4, -0.2) is 61.8 Å². The number of hydrogen-bond acceptors (Lipinski definition) is 4. The molecule has 0 bridgehead atoms. The van der Waals surface area contributed by atoms with Crippen molar-refractivity contribution in [1.29, 1.82) is 0 Å². The molecule has 1 spiro atoms. The van der Waals surface area contributed by atoms with Crippen molar-refractivity contribution < 1.29 is 9.59 Å². The first-order valence-corrected chi connectivity index (χ1v) is 10.5. The maximum atomic E-state index is 13.1. The third-order valence-electron chi connectivity index (χ3n) is 6.77. The Morgan fingerprint density at radius 2 is 1.87 bits per heavy atom. The molecule has 2 saturated heterocycles. The van der Waals surface area contributed by atoms with Gasteiger partial charge in [-0.1, -0.05) is 30.3 Å². The minimum atomic E-state index is -0.0632. The lowest BCUT2D eigenvalue weighted by Crippen LogP contribution is -2.52. The standard InChI is InChI=1S/C23H25N5O2/c1-26-20(29)7-8-23(26)9-11-27(12-10-23)22(30)18-13-19-21(24-14-18)28(16-25-19)15-17-5-3-2-4-6-17/h2-6,13-14,16H,7-12,15H2,1H3. The van der Waals surface area contributed by atoms with Gasteiger partial charge in [-0.25, -0.2) is 9.97 Å². The van der Waals surface area contributed by atoms with Crippen molar-refractivity contribution in [3.8, 4) is 0 Å². The number of nitrogens with zero attached hydrogens (tertiary/aromatic N) is 5. The second-order valence-electron chi connectivity index (χ2n) is 8.39. The van der Waals surface area contributed by atoms with Gasteiger partial charge in [-0.3, -0.25) is 9.59 Å². The molecular weight excluding hydrogens is 378 g/mol. The fourth-order valence-corrected chi connectivity index (χ4v) is 4.80. The summed E-state index contributed by atoms with van der Waals surface area (Å²) in [5.41, 5.74) is 3.19. The van der Waals surface area contributed by atoms with Crippen LogP contribution >= 0.6 is 0 Å². The summed E-state index contributed by atoms with van der Waals surface area (Å²) in [6.07, 6.45) is 6.62. The molecule has 0 N–H and O–H groups in total. The molecule has 30 heavy (non-hydrogen) atoms. The van der Waals surface area contributed by atoms with Gasteiger partial charge in [0.2, 0.25) is 5.91 Å². The number of piperidine rings is 1. The van der Waals surface area contributed by atoms with Crippen molar-refractivity contribution in [2.45, 2.75) is 37.8 Å². The Hall–Kier alpha value is -3.22. The van der Waals surface area contributed by atoms with Crippen LogP contribution in [0.3, 0.4) is 0 Å². The molecule has 5 rings (SSSR count). The number of carbonyl (C=O) groups excluding carboxylic acids is 2. The Labute approximate surface area is 175 Å². The molecule has 3 aromatic rings. The predicted molar refractivity (Wildman–Crippen MR) is 113 cm³/mol. The van der Waals surface area contributed by atoms with E-state index in [0.29, 0.717) is 31.6 Å². The van der Waals surface area contributed by atoms with Crippen molar-refractivity contribution in [2.24, 2.45) is 0 Å². The van der Waals surface area contributed by atoms with Gasteiger partial charge in [-0.2, -0.15) is 0 Å². The van der Waals surface area contributed by atoms with Crippen LogP contribution in [0.4, 0.5) is 0 Å². The molecule has 1 aromatic carbocycles. The van der Waals surface area contributed by atoms with Gasteiger partial charge in [0.1, 0.15) is 5.52 Å². The van der Waals surface area contributed by atoms with Crippen LogP contribution < -0.4 is 0 Å². The van der Waals surface area contributed by atoms with E-state index in [9.17, 15) is 9.59 Å². The SMILES string of the molecule is CN1C(=O)CCC12CCN(C(=O)c1cnc3c(c1)ncn3Cc1ccccc1)CC2. The zero-order chi connectivity index (χ0) is 20.7. The lowest BCUT2D eigenvalue weighted by molar-refractivity contribution is -0.130. The predicted octanol–water partition coefficient (Wildman–Crippen LogP) is 2.71. The normalized spacial score (nSPS) is 18.5. The average molecular weight is 403 g/mol. The van der Waals surface area contributed by atoms with Gasteiger partial charge in [0, 0.05) is 38.3 Å². The second kappa shape index (κ2) is 7.23. The van der Waals surface area contributed by atoms with E-state index < -0.39 is 0 Å². The Kier molecular flexibility index (Phi) is 4.53. The largest absolute Gasteiger partial charge is 0.340 e. The summed E-state index contributed by atoms with van der Waals surface area (Å²) < 4.78 is 2.00. The molecule has 0 radical (unpaired) electrons. The number of hydrogen-bond donors (Lipinski definition) is 0. The molecule has 0 atom stereocenters. The number of fused-ring (bicyclic) bond motifs is 1. The first kappa shape index (κ1) is 18.8. The third-order valence-corrected chi connectivity index (χ3v) is 6.77. The van der Waals surface area contributed by atoms with E-state index in [2.05, 4.69) is 22.1 Å². The topological polar surface area (TPSA) is 71.3 Å². The highest BCUT2D eigenvalue weighted by Crippen LogP contribution is 2.38. The lowest BCUT2D eigenvalue weighted by Gasteiger charge is -2.43. The molecule has 154 valence electrons. The fourth-order valence-electron chi connectivity index (χ4n) is 4.80. The van der Waals surface area contributed by atoms with E-state index in [1.807, 2.05) is 45.7 Å². The maximum Gasteiger partial charge on any atom is 0.255 e. The van der Waals surface area contributed by atoms with Crippen LogP contribution in [0.25, 0.3) is 11.2 Å². The molecule has 2 aliphatic rings. The number of pyridine rings is 1. The number of likely N-dealkylation sites (tertiary alicyclic amines) is 2. The summed E-state index contributed by atoms with van der Waals surface area (Å²) in [5.74, 6) is 0.208. The highest BCUT2D eigenvalue weighted by Gasteiger charge is 2.45. The van der Waals surface area contributed by atoms with E-state index in [-0.39, 0.29) is 17.4 Å². The summed E-state index contributed by atoms with van der Waals surface area (Å²) in [6.45, 7) is 2.02. The molecule has 0 unspecified atom stereocenters. The number of amides is 2. The second-order valence-corrected chi connectivity index (χ2v) is 8.39. The Bertz CT molecular complexity index is 1100. The molecule has 4 heterocycles. The fraction of sp³-hybridized carbons (Fsp3) is 0.391. The van der Waals surface area contributed by atoms with Crippen LogP contribution in [-0.2, 0) is 11.3 Å². The Morgan fingerprint density at radius 1 is 1.10 bits per heavy atom. The minimum Gasteiger partial charge on any atom is -0.340 e. The van der Waals surface area contributed by atoms with Gasteiger partial charge in [0.15, 0.2) is 5.65 Å². The molecule has 2 fully saturated rings. The number of rotatable bonds is 3. The molecule has 2 aliphatic heterocycles. The van der Waals surface area contributed by atoms with Crippen LogP contribution in [0.2, 0.25) is 0 Å². The summed E-state index contributed by atoms with van der Waals surface area (Å²) in [7, 11) is 1.90. The van der Waals surface area contributed by atoms with Crippen molar-refractivity contribution in [1.82, 2.24) is 24.3 Å². The van der Waals surface area contributed by atoms with Crippen molar-refractivity contribution >= 4 is 23.0 Å². The van der Waals surface area contributed by atoms with Gasteiger partial charge in [-0.05, 0) is 30.9 Å². The molecule has 2 aromatic heterocycles. The van der Waals surface area contributed by atoms with Crippen LogP contribution in [0, 0.1) is 0 Å². The molecule has 7 nitrogen and oxygen atoms in total. The number of aromatic nitrogens is 3. The van der Waals surface area contributed by atoms with Gasteiger partial charge in [-0.15, -0.1) is 0 Å². The van der Waals surface area contributed by atoms with Crippen molar-refractivity contribution in [3.05, 3.63) is 60.0 Å². The number of imidazole rings is 1. The highest BCUT2D eigenvalue weighted by molar-refractivity contribution is 5.96. The van der Waals surface area contributed by atoms with E-state index in [1.165, 1.54) is 5.56 Å². The minimum absolute atomic E-state index is 0.0103. The zero-order valence-electron chi connectivity index (χ0n) is 17.1. The lowest BCUT2D eigenvalue weighted by atomic mass is 9.85. The van der Waals surface area contributed by atoms with Crippen molar-refractivity contribution in [2.75, 3.05) is 20.1 Å². The summed E-state index contributed by atoms with van der Waals surface area (Å²) >= 11 is 0. The van der Waals surface area contributed by atoms with E-state index in [1.54, 1.807) is 12.5 Å². The monoisotopic (exact) mass is 403 g/mol. The van der Waals surface area contributed by atoms with Crippen molar-refractivity contribution in [3.63, 3.8) is 0 Å². The first-order chi connectivity index (χ1) is 14.6. The quantitative estimate of drug-likeness (QED) is 0.674. The van der Waals surface area contributed by atoms with Gasteiger partial charge in [0.25, 0.3) is 5.91 Å². The highest BCUT2D eigenvalue weighted by atomic mass is 16.2. The van der Waals surface area contributed by atoms with Gasteiger partial charge in [0.05, 0.1) is 18.4 Å². The van der Waals surface area contributed by atoms with Gasteiger partial charge >= 0.3 is 0 Å². The number of carbonyl (C=O) groups is 2. The summed E-state index contributed by atoms with van der Waals surface area (Å²) in [6, 6.07) is 12.0. The average Bonchev–Trinajstić information content (AvgIpc) is 3.30. The molecule has 2 amide bonds. The van der Waals surface area contributed by atoms with E-state index in [4.69, 9.17) is 0 Å². The Morgan fingerprint density at radius 3 is 2.57 bits per heavy atom. The summed E-state index contributed by atoms with van der Waals surface area (Å²) in [4.78, 5) is 37.8. The zero-order valence-corrected chi connectivity index (χ0v) is 17.1. The number of benzene rings is 1. The first-order valence-electron chi connectivity index (χ1n) is 10.5. The molecule has 0 saturated carbocycles. The maximum absolute atomic E-state index is 13.1. The molecule has 0 aliphatic carbocycles. The Balaban J connectivity index is 1.31. The van der Waals surface area contributed by atoms with E-state index in [0.717, 1.165) is 30.4 Å². The molecular formula is C23H25N5O2.